The Labute approximate surface area is 110 Å². The molecule has 1 aliphatic rings. The van der Waals surface area contributed by atoms with Crippen molar-refractivity contribution < 1.29 is 14.5 Å². The van der Waals surface area contributed by atoms with Crippen molar-refractivity contribution in [2.75, 3.05) is 13.1 Å². The van der Waals surface area contributed by atoms with Gasteiger partial charge in [-0.1, -0.05) is 19.1 Å². The number of carbonyl (C=O) groups is 2. The molecule has 6 nitrogen and oxygen atoms in total. The summed E-state index contributed by atoms with van der Waals surface area (Å²) in [7, 11) is 0. The van der Waals surface area contributed by atoms with Crippen molar-refractivity contribution in [3.05, 3.63) is 39.9 Å². The van der Waals surface area contributed by atoms with Gasteiger partial charge in [0, 0.05) is 30.7 Å². The number of non-ortho nitro benzene ring substituents is 1. The van der Waals surface area contributed by atoms with Crippen LogP contribution in [0.4, 0.5) is 5.69 Å². The van der Waals surface area contributed by atoms with Crippen LogP contribution < -0.4 is 0 Å². The third kappa shape index (κ3) is 2.96. The van der Waals surface area contributed by atoms with Gasteiger partial charge in [0.1, 0.15) is 0 Å². The molecule has 1 aliphatic heterocycles. The van der Waals surface area contributed by atoms with Crippen molar-refractivity contribution in [1.82, 2.24) is 4.90 Å². The van der Waals surface area contributed by atoms with Crippen LogP contribution >= 0.6 is 0 Å². The summed E-state index contributed by atoms with van der Waals surface area (Å²) in [5.74, 6) is -0.0529. The molecule has 1 aromatic rings. The third-order valence-electron chi connectivity index (χ3n) is 3.12. The maximum absolute atomic E-state index is 12.0. The fraction of sp³-hybridized carbons (Fsp3) is 0.385. The first kappa shape index (κ1) is 13.2. The van der Waals surface area contributed by atoms with Gasteiger partial charge >= 0.3 is 0 Å². The predicted molar refractivity (Wildman–Crippen MR) is 67.8 cm³/mol. The molecule has 0 N–H and O–H groups in total. The minimum Gasteiger partial charge on any atom is -0.335 e. The fourth-order valence-electron chi connectivity index (χ4n) is 2.18. The average molecular weight is 262 g/mol. The van der Waals surface area contributed by atoms with Crippen molar-refractivity contribution in [3.63, 3.8) is 0 Å². The zero-order valence-electron chi connectivity index (χ0n) is 10.5. The lowest BCUT2D eigenvalue weighted by molar-refractivity contribution is -0.384. The van der Waals surface area contributed by atoms with Crippen molar-refractivity contribution in [3.8, 4) is 0 Å². The molecule has 19 heavy (non-hydrogen) atoms. The summed E-state index contributed by atoms with van der Waals surface area (Å²) in [5.41, 5.74) is 0.147. The predicted octanol–water partition coefficient (Wildman–Crippen LogP) is 1.65. The van der Waals surface area contributed by atoms with Crippen LogP contribution in [0.1, 0.15) is 23.7 Å². The number of nitro groups is 1. The number of carbonyl (C=O) groups excluding carboxylic acids is 2. The van der Waals surface area contributed by atoms with Crippen molar-refractivity contribution in [2.45, 2.75) is 13.3 Å². The lowest BCUT2D eigenvalue weighted by Gasteiger charge is -2.14. The van der Waals surface area contributed by atoms with Crippen LogP contribution in [0.3, 0.4) is 0 Å². The van der Waals surface area contributed by atoms with Gasteiger partial charge in [-0.3, -0.25) is 19.7 Å². The highest BCUT2D eigenvalue weighted by atomic mass is 16.6. The van der Waals surface area contributed by atoms with E-state index in [1.54, 1.807) is 0 Å². The Morgan fingerprint density at radius 3 is 2.84 bits per heavy atom. The van der Waals surface area contributed by atoms with E-state index in [0.29, 0.717) is 13.0 Å². The molecule has 1 saturated heterocycles. The second-order valence-corrected chi connectivity index (χ2v) is 4.81. The van der Waals surface area contributed by atoms with E-state index in [-0.39, 0.29) is 35.4 Å². The van der Waals surface area contributed by atoms with E-state index >= 15 is 0 Å². The van der Waals surface area contributed by atoms with Gasteiger partial charge in [0.2, 0.25) is 5.91 Å². The molecule has 2 rings (SSSR count). The minimum absolute atomic E-state index is 0.00958. The second-order valence-electron chi connectivity index (χ2n) is 4.81. The summed E-state index contributed by atoms with van der Waals surface area (Å²) in [6.07, 6.45) is 0.461. The highest BCUT2D eigenvalue weighted by Gasteiger charge is 2.28. The van der Waals surface area contributed by atoms with Crippen LogP contribution in [0.5, 0.6) is 0 Å². The maximum atomic E-state index is 12.0. The Kier molecular flexibility index (Phi) is 3.59. The van der Waals surface area contributed by atoms with E-state index in [2.05, 4.69) is 0 Å². The first-order valence-corrected chi connectivity index (χ1v) is 6.03. The molecule has 0 spiro atoms. The Bertz CT molecular complexity index is 541. The first-order chi connectivity index (χ1) is 8.97. The van der Waals surface area contributed by atoms with Crippen LogP contribution in [0.2, 0.25) is 0 Å². The summed E-state index contributed by atoms with van der Waals surface area (Å²) in [6, 6.07) is 5.57. The van der Waals surface area contributed by atoms with Gasteiger partial charge in [-0.05, 0) is 5.92 Å². The Morgan fingerprint density at radius 1 is 1.53 bits per heavy atom. The summed E-state index contributed by atoms with van der Waals surface area (Å²) >= 11 is 0. The number of benzene rings is 1. The number of Topliss-reactive ketones (excluding diaryl/α,β-unsaturated/α-hetero) is 1. The molecule has 100 valence electrons. The lowest BCUT2D eigenvalue weighted by atomic mass is 10.1. The molecule has 0 saturated carbocycles. The van der Waals surface area contributed by atoms with E-state index in [0.717, 1.165) is 0 Å². The molecule has 1 heterocycles. The Morgan fingerprint density at radius 2 is 2.26 bits per heavy atom. The van der Waals surface area contributed by atoms with Gasteiger partial charge in [0.05, 0.1) is 11.5 Å². The fourth-order valence-corrected chi connectivity index (χ4v) is 2.18. The van der Waals surface area contributed by atoms with Crippen LogP contribution in [0.15, 0.2) is 24.3 Å². The second kappa shape index (κ2) is 5.17. The van der Waals surface area contributed by atoms with E-state index in [4.69, 9.17) is 0 Å². The molecule has 0 aromatic heterocycles. The number of hydrogen-bond acceptors (Lipinski definition) is 4. The molecule has 0 aliphatic carbocycles. The molecular weight excluding hydrogens is 248 g/mol. The number of likely N-dealkylation sites (tertiary alicyclic amines) is 1. The molecule has 6 heteroatoms. The largest absolute Gasteiger partial charge is 0.335 e. The van der Waals surface area contributed by atoms with Gasteiger partial charge in [0.25, 0.3) is 5.69 Å². The molecule has 1 fully saturated rings. The number of nitro benzene ring substituents is 1. The molecule has 1 aromatic carbocycles. The van der Waals surface area contributed by atoms with Gasteiger partial charge in [0.15, 0.2) is 5.78 Å². The molecule has 0 radical (unpaired) electrons. The van der Waals surface area contributed by atoms with E-state index in [1.807, 2.05) is 6.92 Å². The zero-order valence-corrected chi connectivity index (χ0v) is 10.5. The monoisotopic (exact) mass is 262 g/mol. The highest BCUT2D eigenvalue weighted by Crippen LogP contribution is 2.18. The van der Waals surface area contributed by atoms with Gasteiger partial charge in [-0.25, -0.2) is 0 Å². The number of amides is 1. The average Bonchev–Trinajstić information content (AvgIpc) is 2.68. The smallest absolute Gasteiger partial charge is 0.270 e. The van der Waals surface area contributed by atoms with Crippen LogP contribution in [0.25, 0.3) is 0 Å². The van der Waals surface area contributed by atoms with E-state index in [1.165, 1.54) is 29.2 Å². The molecule has 1 atom stereocenters. The summed E-state index contributed by atoms with van der Waals surface area (Å²) in [6.45, 7) is 2.51. The standard InChI is InChI=1S/C13H14N2O4/c1-9-5-13(17)14(7-9)8-12(16)10-3-2-4-11(6-10)15(18)19/h2-4,6,9H,5,7-8H2,1H3. The third-order valence-corrected chi connectivity index (χ3v) is 3.12. The van der Waals surface area contributed by atoms with Crippen LogP contribution in [-0.2, 0) is 4.79 Å². The van der Waals surface area contributed by atoms with Crippen molar-refractivity contribution in [1.29, 1.82) is 0 Å². The van der Waals surface area contributed by atoms with Gasteiger partial charge in [-0.2, -0.15) is 0 Å². The number of nitrogens with zero attached hydrogens (tertiary/aromatic N) is 2. The Balaban J connectivity index is 2.10. The van der Waals surface area contributed by atoms with E-state index in [9.17, 15) is 19.7 Å². The van der Waals surface area contributed by atoms with Gasteiger partial charge < -0.3 is 4.90 Å². The quantitative estimate of drug-likeness (QED) is 0.469. The van der Waals surface area contributed by atoms with Crippen molar-refractivity contribution in [2.24, 2.45) is 5.92 Å². The minimum atomic E-state index is -0.542. The molecule has 0 bridgehead atoms. The van der Waals surface area contributed by atoms with Crippen LogP contribution in [0, 0.1) is 16.0 Å². The van der Waals surface area contributed by atoms with Crippen molar-refractivity contribution >= 4 is 17.4 Å². The molecule has 1 amide bonds. The van der Waals surface area contributed by atoms with E-state index < -0.39 is 4.92 Å². The highest BCUT2D eigenvalue weighted by molar-refractivity contribution is 6.00. The first-order valence-electron chi connectivity index (χ1n) is 6.03. The topological polar surface area (TPSA) is 80.5 Å². The summed E-state index contributed by atoms with van der Waals surface area (Å²) in [4.78, 5) is 35.2. The lowest BCUT2D eigenvalue weighted by Crippen LogP contribution is -2.31. The summed E-state index contributed by atoms with van der Waals surface area (Å²) < 4.78 is 0. The summed E-state index contributed by atoms with van der Waals surface area (Å²) in [5, 5.41) is 10.6. The maximum Gasteiger partial charge on any atom is 0.270 e. The normalized spacial score (nSPS) is 18.7. The molecule has 1 unspecified atom stereocenters. The zero-order chi connectivity index (χ0) is 14.0. The van der Waals surface area contributed by atoms with Gasteiger partial charge in [-0.15, -0.1) is 0 Å². The molecular formula is C13H14N2O4. The SMILES string of the molecule is CC1CC(=O)N(CC(=O)c2cccc([N+](=O)[O-])c2)C1. The number of ketones is 1. The number of hydrogen-bond donors (Lipinski definition) is 0. The number of rotatable bonds is 4. The Hall–Kier alpha value is -2.24. The van der Waals surface area contributed by atoms with Crippen LogP contribution in [-0.4, -0.2) is 34.6 Å².